The van der Waals surface area contributed by atoms with Gasteiger partial charge in [-0.2, -0.15) is 0 Å². The first-order valence-corrected chi connectivity index (χ1v) is 7.75. The Morgan fingerprint density at radius 2 is 1.79 bits per heavy atom. The van der Waals surface area contributed by atoms with E-state index in [0.29, 0.717) is 0 Å². The van der Waals surface area contributed by atoms with E-state index in [2.05, 4.69) is 10.3 Å². The number of aromatic nitrogens is 1. The molecule has 1 amide bonds. The van der Waals surface area contributed by atoms with E-state index in [4.69, 9.17) is 0 Å². The van der Waals surface area contributed by atoms with E-state index in [-0.39, 0.29) is 30.0 Å². The van der Waals surface area contributed by atoms with E-state index in [1.807, 2.05) is 13.8 Å². The lowest BCUT2D eigenvalue weighted by Crippen LogP contribution is -2.28. The Labute approximate surface area is 138 Å². The number of aromatic amines is 1. The fraction of sp³-hybridized carbons (Fsp3) is 0.211. The molecule has 0 aliphatic rings. The van der Waals surface area contributed by atoms with Crippen LogP contribution in [-0.4, -0.2) is 10.9 Å². The van der Waals surface area contributed by atoms with E-state index in [9.17, 15) is 13.6 Å². The molecular weight excluding hydrogens is 310 g/mol. The number of aryl methyl sites for hydroxylation is 1. The number of rotatable bonds is 4. The van der Waals surface area contributed by atoms with Gasteiger partial charge in [-0.3, -0.25) is 4.79 Å². The average molecular weight is 328 g/mol. The molecule has 1 unspecified atom stereocenters. The topological polar surface area (TPSA) is 44.9 Å². The normalized spacial score (nSPS) is 12.3. The predicted molar refractivity (Wildman–Crippen MR) is 89.7 cm³/mol. The van der Waals surface area contributed by atoms with Gasteiger partial charge in [0.1, 0.15) is 11.6 Å². The van der Waals surface area contributed by atoms with Crippen LogP contribution in [0.5, 0.6) is 0 Å². The molecule has 3 nitrogen and oxygen atoms in total. The summed E-state index contributed by atoms with van der Waals surface area (Å²) < 4.78 is 26.5. The second-order valence-corrected chi connectivity index (χ2v) is 5.94. The molecule has 0 aliphatic heterocycles. The lowest BCUT2D eigenvalue weighted by molar-refractivity contribution is -0.121. The van der Waals surface area contributed by atoms with E-state index >= 15 is 0 Å². The van der Waals surface area contributed by atoms with Crippen LogP contribution in [0.3, 0.4) is 0 Å². The van der Waals surface area contributed by atoms with Crippen molar-refractivity contribution in [3.8, 4) is 0 Å². The van der Waals surface area contributed by atoms with Crippen LogP contribution in [0.4, 0.5) is 8.78 Å². The minimum atomic E-state index is -0.331. The largest absolute Gasteiger partial charge is 0.358 e. The van der Waals surface area contributed by atoms with Crippen molar-refractivity contribution < 1.29 is 13.6 Å². The molecule has 3 rings (SSSR count). The smallest absolute Gasteiger partial charge is 0.224 e. The van der Waals surface area contributed by atoms with Crippen LogP contribution >= 0.6 is 0 Å². The van der Waals surface area contributed by atoms with Crippen molar-refractivity contribution >= 4 is 16.8 Å². The standard InChI is InChI=1S/C19H18F2N2O/c1-11(13-3-5-14(20)6-4-13)23-19(24)10-16-12(2)22-18-8-7-15(21)9-17(16)18/h3-9,11,22H,10H2,1-2H3,(H,23,24). The minimum absolute atomic E-state index is 0.154. The molecule has 0 saturated carbocycles. The molecule has 2 N–H and O–H groups in total. The highest BCUT2D eigenvalue weighted by Gasteiger charge is 2.15. The summed E-state index contributed by atoms with van der Waals surface area (Å²) in [5, 5.41) is 3.61. The van der Waals surface area contributed by atoms with Gasteiger partial charge in [0.15, 0.2) is 0 Å². The van der Waals surface area contributed by atoms with Crippen LogP contribution in [0.15, 0.2) is 42.5 Å². The zero-order valence-corrected chi connectivity index (χ0v) is 13.5. The van der Waals surface area contributed by atoms with E-state index in [0.717, 1.165) is 27.7 Å². The number of hydrogen-bond donors (Lipinski definition) is 2. The molecule has 3 aromatic rings. The Morgan fingerprint density at radius 3 is 2.50 bits per heavy atom. The molecule has 2 aromatic carbocycles. The highest BCUT2D eigenvalue weighted by molar-refractivity contribution is 5.90. The molecule has 0 aliphatic carbocycles. The molecule has 1 heterocycles. The quantitative estimate of drug-likeness (QED) is 0.741. The summed E-state index contributed by atoms with van der Waals surface area (Å²) in [5.41, 5.74) is 3.27. The Kier molecular flexibility index (Phi) is 4.34. The summed E-state index contributed by atoms with van der Waals surface area (Å²) in [6.07, 6.45) is 0.154. The number of halogens is 2. The van der Waals surface area contributed by atoms with Gasteiger partial charge in [-0.25, -0.2) is 8.78 Å². The first kappa shape index (κ1) is 16.2. The zero-order chi connectivity index (χ0) is 17.3. The first-order chi connectivity index (χ1) is 11.4. The van der Waals surface area contributed by atoms with Gasteiger partial charge in [-0.1, -0.05) is 12.1 Å². The van der Waals surface area contributed by atoms with Crippen molar-refractivity contribution in [3.63, 3.8) is 0 Å². The number of hydrogen-bond acceptors (Lipinski definition) is 1. The van der Waals surface area contributed by atoms with Crippen molar-refractivity contribution in [2.24, 2.45) is 0 Å². The van der Waals surface area contributed by atoms with Crippen LogP contribution in [0.25, 0.3) is 10.9 Å². The van der Waals surface area contributed by atoms with Crippen molar-refractivity contribution in [3.05, 3.63) is 70.9 Å². The lowest BCUT2D eigenvalue weighted by Gasteiger charge is -2.14. The Morgan fingerprint density at radius 1 is 1.12 bits per heavy atom. The second kappa shape index (κ2) is 6.43. The fourth-order valence-electron chi connectivity index (χ4n) is 2.87. The Balaban J connectivity index is 1.76. The maximum absolute atomic E-state index is 13.5. The van der Waals surface area contributed by atoms with Crippen molar-refractivity contribution in [1.29, 1.82) is 0 Å². The molecular formula is C19H18F2N2O. The van der Waals surface area contributed by atoms with Gasteiger partial charge in [-0.05, 0) is 55.3 Å². The van der Waals surface area contributed by atoms with Gasteiger partial charge in [0.05, 0.1) is 12.5 Å². The third-order valence-corrected chi connectivity index (χ3v) is 4.17. The van der Waals surface area contributed by atoms with Crippen LogP contribution in [-0.2, 0) is 11.2 Å². The number of carbonyl (C=O) groups excluding carboxylic acids is 1. The number of fused-ring (bicyclic) bond motifs is 1. The molecule has 124 valence electrons. The van der Waals surface area contributed by atoms with E-state index in [1.54, 1.807) is 18.2 Å². The molecule has 0 saturated heterocycles. The summed E-state index contributed by atoms with van der Waals surface area (Å²) in [5.74, 6) is -0.809. The Hall–Kier alpha value is -2.69. The van der Waals surface area contributed by atoms with Gasteiger partial charge in [0.2, 0.25) is 5.91 Å². The average Bonchev–Trinajstić information content (AvgIpc) is 2.83. The van der Waals surface area contributed by atoms with Gasteiger partial charge in [-0.15, -0.1) is 0 Å². The second-order valence-electron chi connectivity index (χ2n) is 5.94. The molecule has 1 aromatic heterocycles. The summed E-state index contributed by atoms with van der Waals surface area (Å²) in [6.45, 7) is 3.71. The lowest BCUT2D eigenvalue weighted by atomic mass is 10.1. The molecule has 0 bridgehead atoms. The third-order valence-electron chi connectivity index (χ3n) is 4.17. The minimum Gasteiger partial charge on any atom is -0.358 e. The fourth-order valence-corrected chi connectivity index (χ4v) is 2.87. The van der Waals surface area contributed by atoms with Gasteiger partial charge >= 0.3 is 0 Å². The predicted octanol–water partition coefficient (Wildman–Crippen LogP) is 4.17. The summed E-state index contributed by atoms with van der Waals surface area (Å²) in [6, 6.07) is 10.3. The maximum atomic E-state index is 13.5. The molecule has 1 atom stereocenters. The number of carbonyl (C=O) groups is 1. The van der Waals surface area contributed by atoms with Crippen molar-refractivity contribution in [2.45, 2.75) is 26.3 Å². The van der Waals surface area contributed by atoms with Gasteiger partial charge in [0.25, 0.3) is 0 Å². The summed E-state index contributed by atoms with van der Waals surface area (Å²) in [4.78, 5) is 15.5. The zero-order valence-electron chi connectivity index (χ0n) is 13.5. The molecule has 5 heteroatoms. The molecule has 24 heavy (non-hydrogen) atoms. The van der Waals surface area contributed by atoms with E-state index in [1.165, 1.54) is 24.3 Å². The number of H-pyrrole nitrogens is 1. The number of amides is 1. The van der Waals surface area contributed by atoms with E-state index < -0.39 is 0 Å². The van der Waals surface area contributed by atoms with Crippen molar-refractivity contribution in [2.75, 3.05) is 0 Å². The Bertz CT molecular complexity index is 884. The van der Waals surface area contributed by atoms with Crippen LogP contribution < -0.4 is 5.32 Å². The first-order valence-electron chi connectivity index (χ1n) is 7.75. The SMILES string of the molecule is Cc1[nH]c2ccc(F)cc2c1CC(=O)NC(C)c1ccc(F)cc1. The van der Waals surface area contributed by atoms with Crippen LogP contribution in [0.2, 0.25) is 0 Å². The highest BCUT2D eigenvalue weighted by Crippen LogP contribution is 2.24. The number of nitrogens with one attached hydrogen (secondary N) is 2. The number of benzene rings is 2. The van der Waals surface area contributed by atoms with Gasteiger partial charge < -0.3 is 10.3 Å². The van der Waals surface area contributed by atoms with Crippen LogP contribution in [0, 0.1) is 18.6 Å². The maximum Gasteiger partial charge on any atom is 0.224 e. The van der Waals surface area contributed by atoms with Crippen LogP contribution in [0.1, 0.15) is 29.8 Å². The van der Waals surface area contributed by atoms with Gasteiger partial charge in [0, 0.05) is 16.6 Å². The highest BCUT2D eigenvalue weighted by atomic mass is 19.1. The molecule has 0 fully saturated rings. The third kappa shape index (κ3) is 3.30. The monoisotopic (exact) mass is 328 g/mol. The summed E-state index contributed by atoms with van der Waals surface area (Å²) in [7, 11) is 0. The molecule has 0 radical (unpaired) electrons. The molecule has 0 spiro atoms. The summed E-state index contributed by atoms with van der Waals surface area (Å²) >= 11 is 0. The van der Waals surface area contributed by atoms with Crippen molar-refractivity contribution in [1.82, 2.24) is 10.3 Å².